The first-order valence-electron chi connectivity index (χ1n) is 12.1. The predicted molar refractivity (Wildman–Crippen MR) is 148 cm³/mol. The van der Waals surface area contributed by atoms with Gasteiger partial charge in [-0.2, -0.15) is 10.1 Å². The summed E-state index contributed by atoms with van der Waals surface area (Å²) < 4.78 is 5.29. The molecule has 7 nitrogen and oxygen atoms in total. The maximum absolute atomic E-state index is 12.8. The molecule has 188 valence electrons. The standard InChI is InChI=1S/C29H28N4O3S/c1-18-4-8-21(9-5-18)25-16-24(20-10-14-23(36-3)15-11-20)32-33(25)29-31-28(35)26(37-29)17-27(34)30-22-12-6-19(2)7-13-22/h4-15,25-26H,16-17H2,1-3H3,(H,30,34). The third-order valence-corrected chi connectivity index (χ3v) is 7.57. The molecule has 2 aliphatic heterocycles. The van der Waals surface area contributed by atoms with Gasteiger partial charge in [-0.25, -0.2) is 5.01 Å². The van der Waals surface area contributed by atoms with E-state index in [2.05, 4.69) is 41.5 Å². The summed E-state index contributed by atoms with van der Waals surface area (Å²) >= 11 is 1.30. The van der Waals surface area contributed by atoms with Gasteiger partial charge in [0.2, 0.25) is 5.91 Å². The molecular formula is C29H28N4O3S. The van der Waals surface area contributed by atoms with Crippen molar-refractivity contribution in [3.05, 3.63) is 95.1 Å². The molecule has 1 N–H and O–H groups in total. The number of rotatable bonds is 6. The molecule has 2 aliphatic rings. The van der Waals surface area contributed by atoms with Crippen LogP contribution in [0.5, 0.6) is 5.75 Å². The van der Waals surface area contributed by atoms with Gasteiger partial charge >= 0.3 is 0 Å². The van der Waals surface area contributed by atoms with Gasteiger partial charge in [0.15, 0.2) is 5.17 Å². The summed E-state index contributed by atoms with van der Waals surface area (Å²) in [5.41, 5.74) is 5.98. The average molecular weight is 513 g/mol. The number of amides is 2. The zero-order valence-electron chi connectivity index (χ0n) is 21.0. The minimum Gasteiger partial charge on any atom is -0.497 e. The number of thioether (sulfide) groups is 1. The number of hydrogen-bond acceptors (Lipinski definition) is 6. The van der Waals surface area contributed by atoms with Gasteiger partial charge in [-0.15, -0.1) is 0 Å². The molecule has 0 radical (unpaired) electrons. The topological polar surface area (TPSA) is 83.4 Å². The Hall–Kier alpha value is -3.91. The minimum atomic E-state index is -0.584. The Morgan fingerprint density at radius 1 is 1.00 bits per heavy atom. The summed E-state index contributed by atoms with van der Waals surface area (Å²) in [6.45, 7) is 4.04. The number of aryl methyl sites for hydroxylation is 2. The van der Waals surface area contributed by atoms with E-state index in [-0.39, 0.29) is 24.3 Å². The van der Waals surface area contributed by atoms with Crippen LogP contribution in [0.3, 0.4) is 0 Å². The van der Waals surface area contributed by atoms with E-state index >= 15 is 0 Å². The zero-order valence-corrected chi connectivity index (χ0v) is 21.8. The molecule has 3 aromatic carbocycles. The molecule has 8 heteroatoms. The van der Waals surface area contributed by atoms with Crippen LogP contribution in [0, 0.1) is 13.8 Å². The van der Waals surface area contributed by atoms with Gasteiger partial charge in [0.25, 0.3) is 5.91 Å². The van der Waals surface area contributed by atoms with Crippen LogP contribution in [0.4, 0.5) is 5.69 Å². The van der Waals surface area contributed by atoms with E-state index in [0.717, 1.165) is 28.2 Å². The van der Waals surface area contributed by atoms with Crippen molar-refractivity contribution < 1.29 is 14.3 Å². The number of ether oxygens (including phenoxy) is 1. The van der Waals surface area contributed by atoms with Crippen molar-refractivity contribution in [2.75, 3.05) is 12.4 Å². The van der Waals surface area contributed by atoms with Crippen LogP contribution in [0.1, 0.15) is 41.1 Å². The first-order chi connectivity index (χ1) is 17.9. The van der Waals surface area contributed by atoms with Crippen LogP contribution < -0.4 is 10.1 Å². The molecule has 0 fully saturated rings. The molecule has 0 bridgehead atoms. The average Bonchev–Trinajstić information content (AvgIpc) is 3.50. The number of anilines is 1. The summed E-state index contributed by atoms with van der Waals surface area (Å²) in [6, 6.07) is 23.6. The fraction of sp³-hybridized carbons (Fsp3) is 0.241. The number of hydrogen-bond donors (Lipinski definition) is 1. The lowest BCUT2D eigenvalue weighted by atomic mass is 9.98. The van der Waals surface area contributed by atoms with E-state index < -0.39 is 5.25 Å². The lowest BCUT2D eigenvalue weighted by molar-refractivity contribution is -0.121. The Balaban J connectivity index is 1.35. The van der Waals surface area contributed by atoms with E-state index in [0.29, 0.717) is 17.3 Å². The van der Waals surface area contributed by atoms with E-state index in [1.165, 1.54) is 17.3 Å². The summed E-state index contributed by atoms with van der Waals surface area (Å²) in [5, 5.41) is 9.55. The fourth-order valence-corrected chi connectivity index (χ4v) is 5.38. The Morgan fingerprint density at radius 3 is 2.30 bits per heavy atom. The molecule has 5 rings (SSSR count). The van der Waals surface area contributed by atoms with Crippen LogP contribution in [0.15, 0.2) is 82.9 Å². The Kier molecular flexibility index (Phi) is 7.10. The van der Waals surface area contributed by atoms with Crippen molar-refractivity contribution in [2.24, 2.45) is 10.1 Å². The molecule has 2 heterocycles. The molecule has 2 atom stereocenters. The van der Waals surface area contributed by atoms with Crippen LogP contribution >= 0.6 is 11.8 Å². The highest BCUT2D eigenvalue weighted by Gasteiger charge is 2.39. The Bertz CT molecular complexity index is 1370. The number of nitrogens with one attached hydrogen (secondary N) is 1. The lowest BCUT2D eigenvalue weighted by Gasteiger charge is -2.23. The maximum atomic E-state index is 12.8. The molecule has 37 heavy (non-hydrogen) atoms. The van der Waals surface area contributed by atoms with Gasteiger partial charge in [-0.3, -0.25) is 9.59 Å². The van der Waals surface area contributed by atoms with E-state index in [4.69, 9.17) is 9.84 Å². The molecule has 0 saturated heterocycles. The third kappa shape index (κ3) is 5.59. The van der Waals surface area contributed by atoms with E-state index in [1.54, 1.807) is 7.11 Å². The normalized spacial score (nSPS) is 19.0. The van der Waals surface area contributed by atoms with E-state index in [9.17, 15) is 9.59 Å². The summed E-state index contributed by atoms with van der Waals surface area (Å²) in [4.78, 5) is 29.8. The summed E-state index contributed by atoms with van der Waals surface area (Å²) in [7, 11) is 1.64. The molecular weight excluding hydrogens is 484 g/mol. The quantitative estimate of drug-likeness (QED) is 0.472. The van der Waals surface area contributed by atoms with Crippen molar-refractivity contribution in [3.8, 4) is 5.75 Å². The predicted octanol–water partition coefficient (Wildman–Crippen LogP) is 5.49. The molecule has 0 aromatic heterocycles. The second-order valence-electron chi connectivity index (χ2n) is 9.21. The van der Waals surface area contributed by atoms with Crippen LogP contribution in [-0.2, 0) is 9.59 Å². The number of nitrogens with zero attached hydrogens (tertiary/aromatic N) is 3. The molecule has 3 aromatic rings. The number of aliphatic imine (C=N–C) groups is 1. The number of amidine groups is 1. The third-order valence-electron chi connectivity index (χ3n) is 6.43. The largest absolute Gasteiger partial charge is 0.497 e. The van der Waals surface area contributed by atoms with Gasteiger partial charge in [0, 0.05) is 18.5 Å². The SMILES string of the molecule is COc1ccc(C2=NN(C3=NC(=O)C(CC(=O)Nc4ccc(C)cc4)S3)C(c3ccc(C)cc3)C2)cc1. The Labute approximate surface area is 220 Å². The smallest absolute Gasteiger partial charge is 0.262 e. The second-order valence-corrected chi connectivity index (χ2v) is 10.4. The molecule has 0 aliphatic carbocycles. The maximum Gasteiger partial charge on any atom is 0.262 e. The molecule has 0 saturated carbocycles. The van der Waals surface area contributed by atoms with Gasteiger partial charge in [0.05, 0.1) is 18.9 Å². The van der Waals surface area contributed by atoms with Crippen molar-refractivity contribution in [2.45, 2.75) is 38.0 Å². The minimum absolute atomic E-state index is 0.0441. The summed E-state index contributed by atoms with van der Waals surface area (Å²) in [6.07, 6.45) is 0.713. The van der Waals surface area contributed by atoms with Gasteiger partial charge in [-0.05, 0) is 61.4 Å². The van der Waals surface area contributed by atoms with Crippen LogP contribution in [-0.4, -0.2) is 40.1 Å². The van der Waals surface area contributed by atoms with Crippen molar-refractivity contribution in [1.82, 2.24) is 5.01 Å². The molecule has 0 spiro atoms. The number of benzene rings is 3. The highest BCUT2D eigenvalue weighted by Crippen LogP contribution is 2.38. The van der Waals surface area contributed by atoms with Crippen LogP contribution in [0.25, 0.3) is 0 Å². The Morgan fingerprint density at radius 2 is 1.65 bits per heavy atom. The van der Waals surface area contributed by atoms with Gasteiger partial charge < -0.3 is 10.1 Å². The first-order valence-corrected chi connectivity index (χ1v) is 13.0. The second kappa shape index (κ2) is 10.6. The van der Waals surface area contributed by atoms with E-state index in [1.807, 2.05) is 60.5 Å². The first kappa shape index (κ1) is 24.8. The zero-order chi connectivity index (χ0) is 25.9. The lowest BCUT2D eigenvalue weighted by Crippen LogP contribution is -2.25. The fourth-order valence-electron chi connectivity index (χ4n) is 4.31. The van der Waals surface area contributed by atoms with Crippen molar-refractivity contribution in [3.63, 3.8) is 0 Å². The van der Waals surface area contributed by atoms with Gasteiger partial charge in [-0.1, -0.05) is 59.3 Å². The highest BCUT2D eigenvalue weighted by atomic mass is 32.2. The van der Waals surface area contributed by atoms with Gasteiger partial charge in [0.1, 0.15) is 11.0 Å². The van der Waals surface area contributed by atoms with Crippen molar-refractivity contribution >= 4 is 40.1 Å². The number of carbonyl (C=O) groups is 2. The van der Waals surface area contributed by atoms with Crippen molar-refractivity contribution in [1.29, 1.82) is 0 Å². The summed E-state index contributed by atoms with van der Waals surface area (Å²) in [5.74, 6) is 0.252. The molecule has 2 unspecified atom stereocenters. The number of methoxy groups -OCH3 is 1. The number of carbonyl (C=O) groups excluding carboxylic acids is 2. The molecule has 2 amide bonds. The monoisotopic (exact) mass is 512 g/mol. The van der Waals surface area contributed by atoms with Crippen LogP contribution in [0.2, 0.25) is 0 Å². The number of hydrazone groups is 1. The highest BCUT2D eigenvalue weighted by molar-refractivity contribution is 8.15.